The summed E-state index contributed by atoms with van der Waals surface area (Å²) >= 11 is 5.56. The Hall–Kier alpha value is -1.74. The Bertz CT molecular complexity index is 818. The number of hydrogen-bond acceptors (Lipinski definition) is 4. The van der Waals surface area contributed by atoms with Crippen molar-refractivity contribution in [2.75, 3.05) is 5.32 Å². The number of nitrogens with zero attached hydrogens (tertiary/aromatic N) is 2. The quantitative estimate of drug-likeness (QED) is 0.579. The van der Waals surface area contributed by atoms with Crippen molar-refractivity contribution in [3.05, 3.63) is 62.1 Å². The summed E-state index contributed by atoms with van der Waals surface area (Å²) in [5.41, 5.74) is 1.30. The van der Waals surface area contributed by atoms with Crippen molar-refractivity contribution in [2.45, 2.75) is 0 Å². The molecule has 0 saturated heterocycles. The van der Waals surface area contributed by atoms with Crippen LogP contribution >= 0.6 is 38.5 Å². The Morgan fingerprint density at radius 3 is 2.64 bits per heavy atom. The van der Waals surface area contributed by atoms with Crippen LogP contribution in [0.4, 0.5) is 6.01 Å². The summed E-state index contributed by atoms with van der Waals surface area (Å²) in [6, 6.07) is 14.7. The van der Waals surface area contributed by atoms with E-state index >= 15 is 0 Å². The number of benzene rings is 2. The topological polar surface area (TPSA) is 68.0 Å². The Kier molecular flexibility index (Phi) is 4.53. The number of carbonyl (C=O) groups is 1. The average molecular weight is 470 g/mol. The van der Waals surface area contributed by atoms with Crippen LogP contribution in [0.5, 0.6) is 0 Å². The SMILES string of the molecule is O=C(Nc1nnc(-c2cccc(Br)c2)o1)c1ccc(I)cc1. The van der Waals surface area contributed by atoms with Crippen LogP contribution in [0, 0.1) is 3.57 Å². The number of hydrogen-bond donors (Lipinski definition) is 1. The Labute approximate surface area is 148 Å². The van der Waals surface area contributed by atoms with Gasteiger partial charge in [-0.25, -0.2) is 0 Å². The largest absolute Gasteiger partial charge is 0.403 e. The van der Waals surface area contributed by atoms with Crippen molar-refractivity contribution in [3.63, 3.8) is 0 Å². The first-order valence-electron chi connectivity index (χ1n) is 6.28. The number of amides is 1. The van der Waals surface area contributed by atoms with E-state index in [9.17, 15) is 4.79 Å². The molecule has 0 aliphatic rings. The molecule has 0 atom stereocenters. The predicted molar refractivity (Wildman–Crippen MR) is 94.5 cm³/mol. The highest BCUT2D eigenvalue weighted by atomic mass is 127. The zero-order chi connectivity index (χ0) is 15.5. The van der Waals surface area contributed by atoms with Gasteiger partial charge in [0.05, 0.1) is 0 Å². The normalized spacial score (nSPS) is 10.5. The molecule has 110 valence electrons. The van der Waals surface area contributed by atoms with Crippen LogP contribution < -0.4 is 5.32 Å². The number of carbonyl (C=O) groups excluding carboxylic acids is 1. The minimum atomic E-state index is -0.291. The van der Waals surface area contributed by atoms with Crippen molar-refractivity contribution in [2.24, 2.45) is 0 Å². The molecule has 2 aromatic carbocycles. The van der Waals surface area contributed by atoms with E-state index in [-0.39, 0.29) is 11.9 Å². The minimum absolute atomic E-state index is 0.0681. The summed E-state index contributed by atoms with van der Waals surface area (Å²) in [6.07, 6.45) is 0. The van der Waals surface area contributed by atoms with E-state index in [0.717, 1.165) is 13.6 Å². The smallest absolute Gasteiger partial charge is 0.322 e. The van der Waals surface area contributed by atoms with Crippen molar-refractivity contribution < 1.29 is 9.21 Å². The van der Waals surface area contributed by atoms with Crippen LogP contribution in [-0.4, -0.2) is 16.1 Å². The van der Waals surface area contributed by atoms with Crippen LogP contribution in [-0.2, 0) is 0 Å². The van der Waals surface area contributed by atoms with Crippen LogP contribution in [0.15, 0.2) is 57.4 Å². The summed E-state index contributed by atoms with van der Waals surface area (Å²) in [5, 5.41) is 10.4. The molecule has 3 aromatic rings. The fraction of sp³-hybridized carbons (Fsp3) is 0. The Morgan fingerprint density at radius 1 is 1.14 bits per heavy atom. The van der Waals surface area contributed by atoms with Crippen LogP contribution in [0.25, 0.3) is 11.5 Å². The van der Waals surface area contributed by atoms with Crippen LogP contribution in [0.2, 0.25) is 0 Å². The molecule has 0 radical (unpaired) electrons. The molecule has 1 heterocycles. The van der Waals surface area contributed by atoms with Crippen LogP contribution in [0.1, 0.15) is 10.4 Å². The molecule has 7 heteroatoms. The molecule has 5 nitrogen and oxygen atoms in total. The average Bonchev–Trinajstić information content (AvgIpc) is 2.96. The Morgan fingerprint density at radius 2 is 1.91 bits per heavy atom. The van der Waals surface area contributed by atoms with Gasteiger partial charge in [0.1, 0.15) is 0 Å². The van der Waals surface area contributed by atoms with Gasteiger partial charge in [-0.3, -0.25) is 10.1 Å². The number of halogens is 2. The molecule has 0 fully saturated rings. The lowest BCUT2D eigenvalue weighted by atomic mass is 10.2. The van der Waals surface area contributed by atoms with Crippen molar-refractivity contribution >= 4 is 50.4 Å². The van der Waals surface area contributed by atoms with Gasteiger partial charge in [0, 0.05) is 19.2 Å². The molecule has 1 amide bonds. The highest BCUT2D eigenvalue weighted by Crippen LogP contribution is 2.23. The predicted octanol–water partition coefficient (Wildman–Crippen LogP) is 4.36. The highest BCUT2D eigenvalue weighted by Gasteiger charge is 2.12. The van der Waals surface area contributed by atoms with E-state index in [1.54, 1.807) is 12.1 Å². The van der Waals surface area contributed by atoms with Crippen molar-refractivity contribution in [1.82, 2.24) is 10.2 Å². The van der Waals surface area contributed by atoms with Crippen LogP contribution in [0.3, 0.4) is 0 Å². The monoisotopic (exact) mass is 469 g/mol. The second-order valence-corrected chi connectivity index (χ2v) is 6.55. The minimum Gasteiger partial charge on any atom is -0.403 e. The zero-order valence-electron chi connectivity index (χ0n) is 11.1. The fourth-order valence-electron chi connectivity index (χ4n) is 1.78. The van der Waals surface area contributed by atoms with Gasteiger partial charge in [0.15, 0.2) is 0 Å². The highest BCUT2D eigenvalue weighted by molar-refractivity contribution is 14.1. The summed E-state index contributed by atoms with van der Waals surface area (Å²) in [4.78, 5) is 12.1. The number of rotatable bonds is 3. The van der Waals surface area contributed by atoms with E-state index in [1.165, 1.54) is 0 Å². The third-order valence-corrected chi connectivity index (χ3v) is 4.04. The van der Waals surface area contributed by atoms with Crippen molar-refractivity contribution in [1.29, 1.82) is 0 Å². The standard InChI is InChI=1S/C15H9BrIN3O2/c16-11-3-1-2-10(8-11)14-19-20-15(22-14)18-13(21)9-4-6-12(17)7-5-9/h1-8H,(H,18,20,21). The van der Waals surface area contributed by atoms with E-state index in [2.05, 4.69) is 54.0 Å². The molecular weight excluding hydrogens is 461 g/mol. The van der Waals surface area contributed by atoms with Gasteiger partial charge in [-0.05, 0) is 65.1 Å². The number of aromatic nitrogens is 2. The lowest BCUT2D eigenvalue weighted by Gasteiger charge is -2.00. The molecule has 3 rings (SSSR count). The molecule has 0 spiro atoms. The Balaban J connectivity index is 1.77. The van der Waals surface area contributed by atoms with Gasteiger partial charge in [0.25, 0.3) is 5.91 Å². The molecular formula is C15H9BrIN3O2. The maximum Gasteiger partial charge on any atom is 0.322 e. The van der Waals surface area contributed by atoms with E-state index < -0.39 is 0 Å². The lowest BCUT2D eigenvalue weighted by Crippen LogP contribution is -2.11. The summed E-state index contributed by atoms with van der Waals surface area (Å²) < 4.78 is 7.43. The summed E-state index contributed by atoms with van der Waals surface area (Å²) in [6.45, 7) is 0. The summed E-state index contributed by atoms with van der Waals surface area (Å²) in [5.74, 6) is 0.0556. The molecule has 0 unspecified atom stereocenters. The molecule has 0 aliphatic heterocycles. The number of anilines is 1. The molecule has 0 bridgehead atoms. The first kappa shape index (κ1) is 15.2. The third-order valence-electron chi connectivity index (χ3n) is 2.82. The lowest BCUT2D eigenvalue weighted by molar-refractivity contribution is 0.102. The van der Waals surface area contributed by atoms with Gasteiger partial charge < -0.3 is 4.42 Å². The van der Waals surface area contributed by atoms with E-state index in [1.807, 2.05) is 36.4 Å². The first-order valence-corrected chi connectivity index (χ1v) is 8.15. The maximum absolute atomic E-state index is 12.1. The molecule has 1 N–H and O–H groups in total. The first-order chi connectivity index (χ1) is 10.6. The molecule has 22 heavy (non-hydrogen) atoms. The van der Waals surface area contributed by atoms with E-state index in [0.29, 0.717) is 11.5 Å². The van der Waals surface area contributed by atoms with Crippen molar-refractivity contribution in [3.8, 4) is 11.5 Å². The maximum atomic E-state index is 12.1. The molecule has 0 saturated carbocycles. The van der Waals surface area contributed by atoms with Gasteiger partial charge >= 0.3 is 6.01 Å². The molecule has 1 aromatic heterocycles. The second-order valence-electron chi connectivity index (χ2n) is 4.38. The van der Waals surface area contributed by atoms with Gasteiger partial charge in [-0.2, -0.15) is 0 Å². The van der Waals surface area contributed by atoms with Gasteiger partial charge in [0.2, 0.25) is 5.89 Å². The van der Waals surface area contributed by atoms with Gasteiger partial charge in [-0.1, -0.05) is 27.1 Å². The zero-order valence-corrected chi connectivity index (χ0v) is 14.8. The summed E-state index contributed by atoms with van der Waals surface area (Å²) in [7, 11) is 0. The third kappa shape index (κ3) is 3.53. The second kappa shape index (κ2) is 6.57. The number of nitrogens with one attached hydrogen (secondary N) is 1. The fourth-order valence-corrected chi connectivity index (χ4v) is 2.54. The molecule has 0 aliphatic carbocycles. The van der Waals surface area contributed by atoms with E-state index in [4.69, 9.17) is 4.42 Å². The van der Waals surface area contributed by atoms with Gasteiger partial charge in [-0.15, -0.1) is 5.10 Å².